The van der Waals surface area contributed by atoms with Gasteiger partial charge >= 0.3 is 12.4 Å². The van der Waals surface area contributed by atoms with Crippen molar-refractivity contribution < 1.29 is 35.9 Å². The molecule has 0 bridgehead atoms. The molecular formula is C29H33F6NO2. The van der Waals surface area contributed by atoms with Crippen LogP contribution in [-0.2, 0) is 15.1 Å². The molecular weight excluding hydrogens is 508 g/mol. The Morgan fingerprint density at radius 3 is 2.21 bits per heavy atom. The lowest BCUT2D eigenvalue weighted by atomic mass is 9.47. The highest BCUT2D eigenvalue weighted by Gasteiger charge is 2.73. The summed E-state index contributed by atoms with van der Waals surface area (Å²) in [5.74, 6) is -2.83. The first kappa shape index (κ1) is 27.3. The molecule has 0 saturated heterocycles. The van der Waals surface area contributed by atoms with Gasteiger partial charge in [0.15, 0.2) is 5.78 Å². The molecule has 3 fully saturated rings. The molecule has 3 nitrogen and oxygen atoms in total. The number of allylic oxidation sites excluding steroid dienone is 1. The summed E-state index contributed by atoms with van der Waals surface area (Å²) in [5.41, 5.74) is -5.25. The number of nitrogens with one attached hydrogen (secondary N) is 1. The van der Waals surface area contributed by atoms with Crippen LogP contribution < -0.4 is 5.32 Å². The van der Waals surface area contributed by atoms with Gasteiger partial charge in [-0.3, -0.25) is 9.59 Å². The molecule has 0 aliphatic heterocycles. The van der Waals surface area contributed by atoms with E-state index in [0.717, 1.165) is 49.8 Å². The standard InChI is InChI=1S/C29H33F6NO2/c1-25-13-6-9-21(25)19-11-10-18-15-23(37)20(16-26(18,2)22(19)12-14-25)24(38)36-27(28(30,31)32,29(33,34)35)17-7-4-3-5-8-17/h3-5,7-8,15,19-22H,6,9-14,16H2,1-2H3,(H,36,38)/t19-,20?,21-,22+,25-,26-/m0/s1. The molecule has 0 radical (unpaired) electrons. The van der Waals surface area contributed by atoms with E-state index in [1.807, 2.05) is 6.92 Å². The highest BCUT2D eigenvalue weighted by Crippen LogP contribution is 2.65. The predicted octanol–water partition coefficient (Wildman–Crippen LogP) is 7.27. The first-order chi connectivity index (χ1) is 17.6. The Morgan fingerprint density at radius 1 is 0.921 bits per heavy atom. The van der Waals surface area contributed by atoms with Gasteiger partial charge < -0.3 is 5.32 Å². The fourth-order valence-electron chi connectivity index (χ4n) is 8.52. The van der Waals surface area contributed by atoms with E-state index in [9.17, 15) is 35.9 Å². The maximum absolute atomic E-state index is 14.3. The third-order valence-corrected chi connectivity index (χ3v) is 10.5. The van der Waals surface area contributed by atoms with Crippen molar-refractivity contribution in [2.24, 2.45) is 34.5 Å². The summed E-state index contributed by atoms with van der Waals surface area (Å²) < 4.78 is 85.7. The van der Waals surface area contributed by atoms with E-state index in [4.69, 9.17) is 0 Å². The van der Waals surface area contributed by atoms with Gasteiger partial charge in [0.1, 0.15) is 5.92 Å². The van der Waals surface area contributed by atoms with E-state index in [0.29, 0.717) is 30.4 Å². The molecule has 5 rings (SSSR count). The van der Waals surface area contributed by atoms with Crippen LogP contribution in [0.4, 0.5) is 26.3 Å². The Morgan fingerprint density at radius 2 is 1.58 bits per heavy atom. The minimum Gasteiger partial charge on any atom is -0.330 e. The number of ketones is 1. The van der Waals surface area contributed by atoms with E-state index in [-0.39, 0.29) is 17.8 Å². The zero-order chi connectivity index (χ0) is 27.7. The Labute approximate surface area is 218 Å². The molecule has 1 aromatic carbocycles. The first-order valence-electron chi connectivity index (χ1n) is 13.4. The third-order valence-electron chi connectivity index (χ3n) is 10.5. The Hall–Kier alpha value is -2.32. The number of alkyl halides is 6. The second kappa shape index (κ2) is 8.85. The van der Waals surface area contributed by atoms with Gasteiger partial charge in [0, 0.05) is 0 Å². The number of hydrogen-bond acceptors (Lipinski definition) is 2. The molecule has 4 aliphatic rings. The van der Waals surface area contributed by atoms with Crippen molar-refractivity contribution in [1.29, 1.82) is 0 Å². The number of benzene rings is 1. The molecule has 208 valence electrons. The molecule has 9 heteroatoms. The molecule has 1 N–H and O–H groups in total. The summed E-state index contributed by atoms with van der Waals surface area (Å²) >= 11 is 0. The number of hydrogen-bond donors (Lipinski definition) is 1. The van der Waals surface area contributed by atoms with Crippen LogP contribution in [0.3, 0.4) is 0 Å². The van der Waals surface area contributed by atoms with Crippen molar-refractivity contribution in [3.05, 3.63) is 47.5 Å². The van der Waals surface area contributed by atoms with Crippen molar-refractivity contribution in [2.75, 3.05) is 0 Å². The lowest BCUT2D eigenvalue weighted by Crippen LogP contribution is -2.66. The number of amides is 1. The maximum atomic E-state index is 14.3. The quantitative estimate of drug-likeness (QED) is 0.323. The minimum absolute atomic E-state index is 0.0747. The van der Waals surface area contributed by atoms with Gasteiger partial charge in [0.05, 0.1) is 0 Å². The number of carbonyl (C=O) groups is 2. The number of fused-ring (bicyclic) bond motifs is 5. The van der Waals surface area contributed by atoms with Crippen LogP contribution in [0.25, 0.3) is 0 Å². The van der Waals surface area contributed by atoms with Crippen LogP contribution in [0.1, 0.15) is 70.8 Å². The van der Waals surface area contributed by atoms with Crippen molar-refractivity contribution >= 4 is 11.7 Å². The Bertz CT molecular complexity index is 1130. The molecule has 0 aromatic heterocycles. The smallest absolute Gasteiger partial charge is 0.330 e. The normalized spacial score (nSPS) is 35.6. The Balaban J connectivity index is 1.49. The fraction of sp³-hybridized carbons (Fsp3) is 0.655. The van der Waals surface area contributed by atoms with Gasteiger partial charge in [-0.05, 0) is 85.2 Å². The maximum Gasteiger partial charge on any atom is 0.424 e. The highest BCUT2D eigenvalue weighted by molar-refractivity contribution is 6.08. The van der Waals surface area contributed by atoms with Crippen LogP contribution in [0.15, 0.2) is 42.0 Å². The summed E-state index contributed by atoms with van der Waals surface area (Å²) in [4.78, 5) is 26.4. The van der Waals surface area contributed by atoms with E-state index < -0.39 is 46.5 Å². The van der Waals surface area contributed by atoms with Crippen LogP contribution in [-0.4, -0.2) is 24.0 Å². The van der Waals surface area contributed by atoms with Gasteiger partial charge in [-0.2, -0.15) is 26.3 Å². The minimum atomic E-state index is -5.89. The average Bonchev–Trinajstić information content (AvgIpc) is 3.23. The predicted molar refractivity (Wildman–Crippen MR) is 129 cm³/mol. The molecule has 1 aromatic rings. The molecule has 0 heterocycles. The third kappa shape index (κ3) is 3.93. The summed E-state index contributed by atoms with van der Waals surface area (Å²) in [6.45, 7) is 4.28. The number of rotatable bonds is 3. The van der Waals surface area contributed by atoms with Gasteiger partial charge in [0.25, 0.3) is 5.54 Å². The fourth-order valence-corrected chi connectivity index (χ4v) is 8.52. The second-order valence-corrected chi connectivity index (χ2v) is 12.3. The topological polar surface area (TPSA) is 46.2 Å². The second-order valence-electron chi connectivity index (χ2n) is 12.3. The van der Waals surface area contributed by atoms with Gasteiger partial charge in [0.2, 0.25) is 5.91 Å². The SMILES string of the molecule is C[C@@]12CCC[C@H]1[C@@H]1CCC3=CC(=O)C(C(=O)NC(c4ccccc4)(C(F)(F)F)C(F)(F)F)C[C@]3(C)[C@@H]1CC2. The van der Waals surface area contributed by atoms with E-state index in [1.54, 1.807) is 0 Å². The monoisotopic (exact) mass is 541 g/mol. The van der Waals surface area contributed by atoms with Crippen LogP contribution >= 0.6 is 0 Å². The summed E-state index contributed by atoms with van der Waals surface area (Å²) in [7, 11) is 0. The Kier molecular flexibility index (Phi) is 6.35. The molecule has 4 aliphatic carbocycles. The van der Waals surface area contributed by atoms with Crippen LogP contribution in [0.2, 0.25) is 0 Å². The number of carbonyl (C=O) groups excluding carboxylic acids is 2. The van der Waals surface area contributed by atoms with Crippen molar-refractivity contribution in [2.45, 2.75) is 83.1 Å². The van der Waals surface area contributed by atoms with Crippen molar-refractivity contribution in [3.8, 4) is 0 Å². The molecule has 6 atom stereocenters. The molecule has 3 saturated carbocycles. The molecule has 38 heavy (non-hydrogen) atoms. The van der Waals surface area contributed by atoms with Crippen LogP contribution in [0.5, 0.6) is 0 Å². The average molecular weight is 542 g/mol. The van der Waals surface area contributed by atoms with E-state index in [2.05, 4.69) is 6.92 Å². The van der Waals surface area contributed by atoms with Crippen molar-refractivity contribution in [1.82, 2.24) is 5.32 Å². The molecule has 1 unspecified atom stereocenters. The zero-order valence-corrected chi connectivity index (χ0v) is 21.5. The van der Waals surface area contributed by atoms with Crippen molar-refractivity contribution in [3.63, 3.8) is 0 Å². The summed E-state index contributed by atoms with van der Waals surface area (Å²) in [5, 5.41) is 1.32. The highest BCUT2D eigenvalue weighted by atomic mass is 19.4. The molecule has 1 amide bonds. The van der Waals surface area contributed by atoms with Gasteiger partial charge in [-0.1, -0.05) is 56.2 Å². The summed E-state index contributed by atoms with van der Waals surface area (Å²) in [6.07, 6.45) is -3.59. The van der Waals surface area contributed by atoms with Gasteiger partial charge in [-0.25, -0.2) is 0 Å². The lowest BCUT2D eigenvalue weighted by Gasteiger charge is -2.58. The zero-order valence-electron chi connectivity index (χ0n) is 21.5. The lowest BCUT2D eigenvalue weighted by molar-refractivity contribution is -0.312. The van der Waals surface area contributed by atoms with E-state index >= 15 is 0 Å². The molecule has 0 spiro atoms. The summed E-state index contributed by atoms with van der Waals surface area (Å²) in [6, 6.07) is 4.78. The van der Waals surface area contributed by atoms with Crippen LogP contribution in [0, 0.1) is 34.5 Å². The largest absolute Gasteiger partial charge is 0.424 e. The van der Waals surface area contributed by atoms with E-state index in [1.165, 1.54) is 23.9 Å². The number of halogens is 6. The first-order valence-corrected chi connectivity index (χ1v) is 13.4. The van der Waals surface area contributed by atoms with Gasteiger partial charge in [-0.15, -0.1) is 0 Å².